The van der Waals surface area contributed by atoms with Crippen LogP contribution in [-0.4, -0.2) is 55.4 Å². The minimum Gasteiger partial charge on any atom is -0.359 e. The molecule has 4 rings (SSSR count). The van der Waals surface area contributed by atoms with Gasteiger partial charge in [-0.2, -0.15) is 0 Å². The Labute approximate surface area is 162 Å². The molecule has 2 atom stereocenters. The molecule has 3 aliphatic rings. The molecule has 0 aromatic heterocycles. The van der Waals surface area contributed by atoms with Crippen molar-refractivity contribution in [2.75, 3.05) is 23.0 Å². The zero-order valence-corrected chi connectivity index (χ0v) is 17.0. The SMILES string of the molecule is C[C@H]1Cc2ccccc2N1CC(=O)N(C1CCCCC1)[C@H]1CCS(=O)(=O)C1. The summed E-state index contributed by atoms with van der Waals surface area (Å²) in [5.41, 5.74) is 2.45. The molecule has 1 amide bonds. The second kappa shape index (κ2) is 7.46. The summed E-state index contributed by atoms with van der Waals surface area (Å²) in [4.78, 5) is 17.6. The summed E-state index contributed by atoms with van der Waals surface area (Å²) in [7, 11) is -3.01. The molecule has 5 nitrogen and oxygen atoms in total. The van der Waals surface area contributed by atoms with E-state index in [1.54, 1.807) is 0 Å². The van der Waals surface area contributed by atoms with E-state index in [4.69, 9.17) is 0 Å². The summed E-state index contributed by atoms with van der Waals surface area (Å²) in [6, 6.07) is 8.67. The van der Waals surface area contributed by atoms with Gasteiger partial charge in [0, 0.05) is 23.8 Å². The van der Waals surface area contributed by atoms with Gasteiger partial charge >= 0.3 is 0 Å². The minimum atomic E-state index is -3.01. The van der Waals surface area contributed by atoms with Crippen molar-refractivity contribution in [3.63, 3.8) is 0 Å². The monoisotopic (exact) mass is 390 g/mol. The Hall–Kier alpha value is -1.56. The maximum Gasteiger partial charge on any atom is 0.242 e. The normalized spacial score (nSPS) is 27.5. The number of amides is 1. The molecule has 1 aromatic rings. The van der Waals surface area contributed by atoms with Gasteiger partial charge in [0.1, 0.15) is 0 Å². The highest BCUT2D eigenvalue weighted by Gasteiger charge is 2.39. The van der Waals surface area contributed by atoms with Gasteiger partial charge in [-0.25, -0.2) is 8.42 Å². The number of hydrogen-bond donors (Lipinski definition) is 0. The molecule has 2 fully saturated rings. The molecule has 0 N–H and O–H groups in total. The Balaban J connectivity index is 1.55. The van der Waals surface area contributed by atoms with Gasteiger partial charge in [-0.15, -0.1) is 0 Å². The zero-order valence-electron chi connectivity index (χ0n) is 16.1. The van der Waals surface area contributed by atoms with Crippen LogP contribution in [0.3, 0.4) is 0 Å². The van der Waals surface area contributed by atoms with E-state index in [1.165, 1.54) is 12.0 Å². The van der Waals surface area contributed by atoms with Crippen LogP contribution in [0.1, 0.15) is 51.0 Å². The van der Waals surface area contributed by atoms with Gasteiger partial charge in [0.2, 0.25) is 5.91 Å². The molecule has 1 aromatic carbocycles. The summed E-state index contributed by atoms with van der Waals surface area (Å²) in [5, 5.41) is 0. The quantitative estimate of drug-likeness (QED) is 0.793. The highest BCUT2D eigenvalue weighted by molar-refractivity contribution is 7.91. The van der Waals surface area contributed by atoms with Crippen LogP contribution in [0, 0.1) is 0 Å². The number of sulfone groups is 1. The van der Waals surface area contributed by atoms with Crippen LogP contribution in [0.25, 0.3) is 0 Å². The Morgan fingerprint density at radius 1 is 1.11 bits per heavy atom. The van der Waals surface area contributed by atoms with Crippen molar-refractivity contribution in [1.82, 2.24) is 4.90 Å². The fourth-order valence-corrected chi connectivity index (χ4v) is 6.87. The second-order valence-corrected chi connectivity index (χ2v) is 10.7. The van der Waals surface area contributed by atoms with E-state index in [0.717, 1.165) is 37.8 Å². The fraction of sp³-hybridized carbons (Fsp3) is 0.667. The van der Waals surface area contributed by atoms with Crippen LogP contribution < -0.4 is 4.90 Å². The Bertz CT molecular complexity index is 801. The number of fused-ring (bicyclic) bond motifs is 1. The van der Waals surface area contributed by atoms with Gasteiger partial charge in [0.15, 0.2) is 9.84 Å². The van der Waals surface area contributed by atoms with Gasteiger partial charge in [-0.3, -0.25) is 4.79 Å². The number of benzene rings is 1. The number of anilines is 1. The predicted octanol–water partition coefficient (Wildman–Crippen LogP) is 2.79. The molecule has 0 spiro atoms. The van der Waals surface area contributed by atoms with Gasteiger partial charge in [0.05, 0.1) is 18.1 Å². The first-order valence-electron chi connectivity index (χ1n) is 10.3. The highest BCUT2D eigenvalue weighted by Crippen LogP contribution is 2.33. The zero-order chi connectivity index (χ0) is 19.0. The summed E-state index contributed by atoms with van der Waals surface area (Å²) in [5.74, 6) is 0.464. The maximum atomic E-state index is 13.4. The van der Waals surface area contributed by atoms with Crippen LogP contribution in [0.4, 0.5) is 5.69 Å². The van der Waals surface area contributed by atoms with Crippen molar-refractivity contribution in [1.29, 1.82) is 0 Å². The Morgan fingerprint density at radius 3 is 2.56 bits per heavy atom. The van der Waals surface area contributed by atoms with E-state index in [-0.39, 0.29) is 29.5 Å². The van der Waals surface area contributed by atoms with E-state index < -0.39 is 9.84 Å². The third kappa shape index (κ3) is 3.86. The van der Waals surface area contributed by atoms with E-state index in [1.807, 2.05) is 11.0 Å². The third-order valence-corrected chi connectivity index (χ3v) is 8.26. The van der Waals surface area contributed by atoms with Crippen molar-refractivity contribution in [3.8, 4) is 0 Å². The molecule has 1 saturated heterocycles. The predicted molar refractivity (Wildman–Crippen MR) is 108 cm³/mol. The summed E-state index contributed by atoms with van der Waals surface area (Å²) in [6.45, 7) is 2.52. The first kappa shape index (κ1) is 18.8. The lowest BCUT2D eigenvalue weighted by atomic mass is 9.92. The number of carbonyl (C=O) groups is 1. The molecule has 1 aliphatic carbocycles. The lowest BCUT2D eigenvalue weighted by Crippen LogP contribution is -2.52. The van der Waals surface area contributed by atoms with Crippen LogP contribution in [0.5, 0.6) is 0 Å². The lowest BCUT2D eigenvalue weighted by Gasteiger charge is -2.39. The highest BCUT2D eigenvalue weighted by atomic mass is 32.2. The molecule has 2 aliphatic heterocycles. The first-order chi connectivity index (χ1) is 12.9. The van der Waals surface area contributed by atoms with Crippen molar-refractivity contribution in [3.05, 3.63) is 29.8 Å². The number of carbonyl (C=O) groups excluding carboxylic acids is 1. The number of rotatable bonds is 4. The van der Waals surface area contributed by atoms with Gasteiger partial charge in [-0.1, -0.05) is 37.5 Å². The van der Waals surface area contributed by atoms with Crippen LogP contribution in [0.2, 0.25) is 0 Å². The summed E-state index contributed by atoms with van der Waals surface area (Å²) >= 11 is 0. The van der Waals surface area contributed by atoms with E-state index >= 15 is 0 Å². The molecular formula is C21H30N2O3S. The van der Waals surface area contributed by atoms with Gasteiger partial charge < -0.3 is 9.80 Å². The molecule has 6 heteroatoms. The van der Waals surface area contributed by atoms with E-state index in [0.29, 0.717) is 19.0 Å². The molecule has 0 bridgehead atoms. The molecule has 148 valence electrons. The Kier molecular flexibility index (Phi) is 5.19. The average Bonchev–Trinajstić information content (AvgIpc) is 3.15. The third-order valence-electron chi connectivity index (χ3n) is 6.51. The van der Waals surface area contributed by atoms with Crippen molar-refractivity contribution < 1.29 is 13.2 Å². The van der Waals surface area contributed by atoms with Crippen molar-refractivity contribution >= 4 is 21.4 Å². The van der Waals surface area contributed by atoms with Crippen molar-refractivity contribution in [2.24, 2.45) is 0 Å². The second-order valence-electron chi connectivity index (χ2n) is 8.46. The van der Waals surface area contributed by atoms with Gasteiger partial charge in [-0.05, 0) is 44.2 Å². The topological polar surface area (TPSA) is 57.7 Å². The lowest BCUT2D eigenvalue weighted by molar-refractivity contribution is -0.135. The Morgan fingerprint density at radius 2 is 1.85 bits per heavy atom. The standard InChI is InChI=1S/C21H30N2O3S/c1-16-13-17-7-5-6-10-20(17)22(16)14-21(24)23(18-8-3-2-4-9-18)19-11-12-27(25,26)15-19/h5-7,10,16,18-19H,2-4,8-9,11-15H2,1H3/t16-,19-/m0/s1. The molecule has 2 heterocycles. The minimum absolute atomic E-state index is 0.104. The molecule has 0 unspecified atom stereocenters. The number of nitrogens with zero attached hydrogens (tertiary/aromatic N) is 2. The van der Waals surface area contributed by atoms with Crippen molar-refractivity contribution in [2.45, 2.75) is 70.0 Å². The molecular weight excluding hydrogens is 360 g/mol. The average molecular weight is 391 g/mol. The summed E-state index contributed by atoms with van der Waals surface area (Å²) in [6.07, 6.45) is 7.07. The summed E-state index contributed by atoms with van der Waals surface area (Å²) < 4.78 is 24.1. The molecule has 0 radical (unpaired) electrons. The van der Waals surface area contributed by atoms with Gasteiger partial charge in [0.25, 0.3) is 0 Å². The maximum absolute atomic E-state index is 13.4. The number of para-hydroxylation sites is 1. The largest absolute Gasteiger partial charge is 0.359 e. The van der Waals surface area contributed by atoms with Crippen LogP contribution in [0.15, 0.2) is 24.3 Å². The van der Waals surface area contributed by atoms with Crippen LogP contribution >= 0.6 is 0 Å². The molecule has 1 saturated carbocycles. The van der Waals surface area contributed by atoms with Crippen LogP contribution in [-0.2, 0) is 21.1 Å². The first-order valence-corrected chi connectivity index (χ1v) is 12.1. The van der Waals surface area contributed by atoms with E-state index in [2.05, 4.69) is 30.0 Å². The number of hydrogen-bond acceptors (Lipinski definition) is 4. The van der Waals surface area contributed by atoms with E-state index in [9.17, 15) is 13.2 Å². The fourth-order valence-electron chi connectivity index (χ4n) is 5.16. The molecule has 27 heavy (non-hydrogen) atoms. The smallest absolute Gasteiger partial charge is 0.242 e.